The summed E-state index contributed by atoms with van der Waals surface area (Å²) in [5, 5.41) is 12.1. The predicted octanol–water partition coefficient (Wildman–Crippen LogP) is 1.64. The number of rotatable bonds is 6. The maximum absolute atomic E-state index is 12.1. The van der Waals surface area contributed by atoms with Gasteiger partial charge in [-0.15, -0.1) is 0 Å². The third kappa shape index (κ3) is 3.63. The quantitative estimate of drug-likeness (QED) is 0.688. The van der Waals surface area contributed by atoms with Crippen LogP contribution in [0.25, 0.3) is 0 Å². The Bertz CT molecular complexity index is 498. The molecule has 1 aromatic rings. The summed E-state index contributed by atoms with van der Waals surface area (Å²) >= 11 is 0. The number of carbonyl (C=O) groups excluding carboxylic acids is 1. The Labute approximate surface area is 118 Å². The lowest BCUT2D eigenvalue weighted by Crippen LogP contribution is -2.41. The molecule has 1 amide bonds. The van der Waals surface area contributed by atoms with E-state index in [1.807, 2.05) is 13.8 Å². The lowest BCUT2D eigenvalue weighted by Gasteiger charge is -2.24. The van der Waals surface area contributed by atoms with E-state index in [9.17, 15) is 9.59 Å². The number of carboxylic acid groups (broad SMARTS) is 1. The molecule has 1 atom stereocenters. The van der Waals surface area contributed by atoms with E-state index >= 15 is 0 Å². The monoisotopic (exact) mass is 279 g/mol. The van der Waals surface area contributed by atoms with Crippen LogP contribution in [0.2, 0.25) is 0 Å². The van der Waals surface area contributed by atoms with E-state index in [1.54, 1.807) is 24.0 Å². The van der Waals surface area contributed by atoms with Gasteiger partial charge in [0.2, 0.25) is 5.91 Å². The summed E-state index contributed by atoms with van der Waals surface area (Å²) < 4.78 is 0. The predicted molar refractivity (Wildman–Crippen MR) is 78.8 cm³/mol. The van der Waals surface area contributed by atoms with E-state index in [2.05, 4.69) is 5.32 Å². The molecule has 0 saturated carbocycles. The molecule has 6 heteroatoms. The van der Waals surface area contributed by atoms with Gasteiger partial charge in [0.15, 0.2) is 0 Å². The van der Waals surface area contributed by atoms with Gasteiger partial charge in [0.1, 0.15) is 6.04 Å². The molecule has 1 aromatic carbocycles. The van der Waals surface area contributed by atoms with Crippen LogP contribution in [0.5, 0.6) is 0 Å². The number of benzene rings is 1. The van der Waals surface area contributed by atoms with Crippen LogP contribution in [0.15, 0.2) is 18.2 Å². The average molecular weight is 279 g/mol. The van der Waals surface area contributed by atoms with Crippen LogP contribution < -0.4 is 11.1 Å². The fourth-order valence-electron chi connectivity index (χ4n) is 1.97. The molecule has 0 aliphatic heterocycles. The SMILES string of the molecule is CCN(CC)C(=O)C(C)Nc1ccc(N)cc1C(=O)O. The van der Waals surface area contributed by atoms with E-state index < -0.39 is 12.0 Å². The van der Waals surface area contributed by atoms with Crippen LogP contribution in [-0.2, 0) is 4.79 Å². The van der Waals surface area contributed by atoms with Crippen molar-refractivity contribution in [3.63, 3.8) is 0 Å². The molecule has 0 aliphatic carbocycles. The number of nitrogens with two attached hydrogens (primary N) is 1. The van der Waals surface area contributed by atoms with Crippen molar-refractivity contribution in [2.24, 2.45) is 0 Å². The third-order valence-electron chi connectivity index (χ3n) is 3.09. The molecule has 110 valence electrons. The van der Waals surface area contributed by atoms with E-state index in [0.717, 1.165) is 0 Å². The maximum Gasteiger partial charge on any atom is 0.337 e. The van der Waals surface area contributed by atoms with Crippen LogP contribution in [0.3, 0.4) is 0 Å². The molecule has 0 aliphatic rings. The molecule has 0 aromatic heterocycles. The van der Waals surface area contributed by atoms with Crippen LogP contribution in [0, 0.1) is 0 Å². The lowest BCUT2D eigenvalue weighted by molar-refractivity contribution is -0.131. The molecule has 0 bridgehead atoms. The van der Waals surface area contributed by atoms with Gasteiger partial charge in [0.25, 0.3) is 0 Å². The summed E-state index contributed by atoms with van der Waals surface area (Å²) in [6, 6.07) is 4.05. The molecule has 20 heavy (non-hydrogen) atoms. The molecule has 1 unspecified atom stereocenters. The number of amides is 1. The molecule has 0 fully saturated rings. The van der Waals surface area contributed by atoms with Gasteiger partial charge in [-0.1, -0.05) is 0 Å². The summed E-state index contributed by atoms with van der Waals surface area (Å²) in [4.78, 5) is 25.0. The van der Waals surface area contributed by atoms with E-state index in [1.165, 1.54) is 6.07 Å². The zero-order valence-electron chi connectivity index (χ0n) is 12.0. The summed E-state index contributed by atoms with van der Waals surface area (Å²) in [5.41, 5.74) is 6.40. The summed E-state index contributed by atoms with van der Waals surface area (Å²) in [6.45, 7) is 6.76. The van der Waals surface area contributed by atoms with Gasteiger partial charge in [-0.3, -0.25) is 4.79 Å². The Balaban J connectivity index is 2.93. The fourth-order valence-corrected chi connectivity index (χ4v) is 1.97. The van der Waals surface area contributed by atoms with Crippen molar-refractivity contribution in [1.82, 2.24) is 4.90 Å². The Morgan fingerprint density at radius 3 is 2.45 bits per heavy atom. The molecule has 0 spiro atoms. The highest BCUT2D eigenvalue weighted by Crippen LogP contribution is 2.20. The van der Waals surface area contributed by atoms with Crippen molar-refractivity contribution in [1.29, 1.82) is 0 Å². The van der Waals surface area contributed by atoms with Gasteiger partial charge in [-0.05, 0) is 39.0 Å². The Kier molecular flexibility index (Phi) is 5.37. The van der Waals surface area contributed by atoms with Crippen LogP contribution >= 0.6 is 0 Å². The number of likely N-dealkylation sites (N-methyl/N-ethyl adjacent to an activating group) is 1. The van der Waals surface area contributed by atoms with Crippen molar-refractivity contribution in [3.8, 4) is 0 Å². The second-order valence-corrected chi connectivity index (χ2v) is 4.49. The molecular formula is C14H21N3O3. The van der Waals surface area contributed by atoms with Crippen molar-refractivity contribution in [2.75, 3.05) is 24.1 Å². The molecule has 0 radical (unpaired) electrons. The number of nitrogen functional groups attached to an aromatic ring is 1. The molecule has 4 N–H and O–H groups in total. The third-order valence-corrected chi connectivity index (χ3v) is 3.09. The highest BCUT2D eigenvalue weighted by molar-refractivity contribution is 5.96. The number of nitrogens with zero attached hydrogens (tertiary/aromatic N) is 1. The van der Waals surface area contributed by atoms with Gasteiger partial charge < -0.3 is 21.1 Å². The normalized spacial score (nSPS) is 11.8. The Hall–Kier alpha value is -2.24. The van der Waals surface area contributed by atoms with Crippen molar-refractivity contribution in [2.45, 2.75) is 26.8 Å². The number of hydrogen-bond donors (Lipinski definition) is 3. The van der Waals surface area contributed by atoms with Crippen LogP contribution in [0.1, 0.15) is 31.1 Å². The number of nitrogens with one attached hydrogen (secondary N) is 1. The number of aromatic carboxylic acids is 1. The van der Waals surface area contributed by atoms with Crippen LogP contribution in [-0.4, -0.2) is 41.0 Å². The van der Waals surface area contributed by atoms with Gasteiger partial charge in [0.05, 0.1) is 5.56 Å². The molecule has 6 nitrogen and oxygen atoms in total. The van der Waals surface area contributed by atoms with Crippen LogP contribution in [0.4, 0.5) is 11.4 Å². The smallest absolute Gasteiger partial charge is 0.337 e. The lowest BCUT2D eigenvalue weighted by atomic mass is 10.1. The molecule has 0 heterocycles. The first kappa shape index (κ1) is 15.8. The molecule has 1 rings (SSSR count). The van der Waals surface area contributed by atoms with Gasteiger partial charge >= 0.3 is 5.97 Å². The van der Waals surface area contributed by atoms with E-state index in [0.29, 0.717) is 24.5 Å². The second kappa shape index (κ2) is 6.79. The number of carbonyl (C=O) groups is 2. The highest BCUT2D eigenvalue weighted by Gasteiger charge is 2.20. The summed E-state index contributed by atoms with van der Waals surface area (Å²) in [5.74, 6) is -1.15. The zero-order chi connectivity index (χ0) is 15.3. The standard InChI is InChI=1S/C14H21N3O3/c1-4-17(5-2)13(18)9(3)16-12-7-6-10(15)8-11(12)14(19)20/h6-9,16H,4-5,15H2,1-3H3,(H,19,20). The number of anilines is 2. The maximum atomic E-state index is 12.1. The minimum atomic E-state index is -1.08. The van der Waals surface area contributed by atoms with Crippen molar-refractivity contribution < 1.29 is 14.7 Å². The zero-order valence-corrected chi connectivity index (χ0v) is 12.0. The molecule has 0 saturated heterocycles. The minimum absolute atomic E-state index is 0.0594. The summed E-state index contributed by atoms with van der Waals surface area (Å²) in [7, 11) is 0. The first-order valence-electron chi connectivity index (χ1n) is 6.58. The van der Waals surface area contributed by atoms with Gasteiger partial charge in [-0.2, -0.15) is 0 Å². The van der Waals surface area contributed by atoms with E-state index in [-0.39, 0.29) is 11.5 Å². The summed E-state index contributed by atoms with van der Waals surface area (Å²) in [6.07, 6.45) is 0. The first-order chi connectivity index (χ1) is 9.40. The fraction of sp³-hybridized carbons (Fsp3) is 0.429. The molecular weight excluding hydrogens is 258 g/mol. The average Bonchev–Trinajstić information content (AvgIpc) is 2.41. The van der Waals surface area contributed by atoms with E-state index in [4.69, 9.17) is 10.8 Å². The Morgan fingerprint density at radius 2 is 1.95 bits per heavy atom. The first-order valence-corrected chi connectivity index (χ1v) is 6.58. The second-order valence-electron chi connectivity index (χ2n) is 4.49. The number of carboxylic acids is 1. The Morgan fingerprint density at radius 1 is 1.35 bits per heavy atom. The van der Waals surface area contributed by atoms with Gasteiger partial charge in [-0.25, -0.2) is 4.79 Å². The minimum Gasteiger partial charge on any atom is -0.478 e. The number of hydrogen-bond acceptors (Lipinski definition) is 4. The topological polar surface area (TPSA) is 95.7 Å². The highest BCUT2D eigenvalue weighted by atomic mass is 16.4. The van der Waals surface area contributed by atoms with Gasteiger partial charge in [0, 0.05) is 24.5 Å². The van der Waals surface area contributed by atoms with Crippen molar-refractivity contribution >= 4 is 23.3 Å². The largest absolute Gasteiger partial charge is 0.478 e. The van der Waals surface area contributed by atoms with Crippen molar-refractivity contribution in [3.05, 3.63) is 23.8 Å².